The van der Waals surface area contributed by atoms with Crippen molar-refractivity contribution in [2.24, 2.45) is 0 Å². The summed E-state index contributed by atoms with van der Waals surface area (Å²) in [5.41, 5.74) is 3.75. The van der Waals surface area contributed by atoms with Crippen LogP contribution in [0.1, 0.15) is 28.7 Å². The Morgan fingerprint density at radius 3 is 2.70 bits per heavy atom. The highest BCUT2D eigenvalue weighted by Gasteiger charge is 2.18. The van der Waals surface area contributed by atoms with E-state index in [4.69, 9.17) is 23.2 Å². The molecule has 0 saturated heterocycles. The number of carbonyl (C=O) groups is 1. The number of hydrogen-bond donors (Lipinski definition) is 1. The Morgan fingerprint density at radius 1 is 1.22 bits per heavy atom. The second-order valence-electron chi connectivity index (χ2n) is 5.28. The van der Waals surface area contributed by atoms with E-state index in [0.29, 0.717) is 27.8 Å². The zero-order valence-electron chi connectivity index (χ0n) is 12.7. The van der Waals surface area contributed by atoms with Gasteiger partial charge in [0, 0.05) is 11.9 Å². The van der Waals surface area contributed by atoms with Gasteiger partial charge in [-0.15, -0.1) is 0 Å². The van der Waals surface area contributed by atoms with E-state index in [9.17, 15) is 4.79 Å². The first-order valence-corrected chi connectivity index (χ1v) is 7.99. The number of amides is 1. The summed E-state index contributed by atoms with van der Waals surface area (Å²) < 4.78 is 1.80. The summed E-state index contributed by atoms with van der Waals surface area (Å²) in [4.78, 5) is 17.2. The van der Waals surface area contributed by atoms with Crippen LogP contribution in [-0.2, 0) is 6.42 Å². The number of rotatable bonds is 3. The molecule has 0 fully saturated rings. The van der Waals surface area contributed by atoms with Crippen molar-refractivity contribution < 1.29 is 4.79 Å². The SMILES string of the molecule is CCc1nc2cc(C)ccn2c1C(=O)Nc1ccc(Cl)c(Cl)c1. The second-order valence-corrected chi connectivity index (χ2v) is 6.09. The smallest absolute Gasteiger partial charge is 0.274 e. The van der Waals surface area contributed by atoms with E-state index in [1.165, 1.54) is 0 Å². The maximum absolute atomic E-state index is 12.7. The quantitative estimate of drug-likeness (QED) is 0.741. The normalized spacial score (nSPS) is 11.0. The molecule has 0 saturated carbocycles. The first-order chi connectivity index (χ1) is 11.0. The van der Waals surface area contributed by atoms with Crippen molar-refractivity contribution in [1.82, 2.24) is 9.38 Å². The summed E-state index contributed by atoms with van der Waals surface area (Å²) in [5.74, 6) is -0.225. The molecule has 23 heavy (non-hydrogen) atoms. The summed E-state index contributed by atoms with van der Waals surface area (Å²) >= 11 is 11.9. The molecule has 0 atom stereocenters. The van der Waals surface area contributed by atoms with Crippen LogP contribution in [0.15, 0.2) is 36.5 Å². The third-order valence-electron chi connectivity index (χ3n) is 3.58. The van der Waals surface area contributed by atoms with E-state index in [2.05, 4.69) is 10.3 Å². The fourth-order valence-electron chi connectivity index (χ4n) is 2.45. The standard InChI is InChI=1S/C17H15Cl2N3O/c1-3-14-16(22-7-6-10(2)8-15(22)21-14)17(23)20-11-4-5-12(18)13(19)9-11/h4-9H,3H2,1-2H3,(H,20,23). The summed E-state index contributed by atoms with van der Waals surface area (Å²) in [6, 6.07) is 8.89. The summed E-state index contributed by atoms with van der Waals surface area (Å²) in [7, 11) is 0. The van der Waals surface area contributed by atoms with Crippen LogP contribution in [0.4, 0.5) is 5.69 Å². The third kappa shape index (κ3) is 3.05. The number of aryl methyl sites for hydroxylation is 2. The van der Waals surface area contributed by atoms with Crippen LogP contribution in [0.2, 0.25) is 10.0 Å². The number of fused-ring (bicyclic) bond motifs is 1. The molecule has 2 heterocycles. The number of anilines is 1. The van der Waals surface area contributed by atoms with Crippen molar-refractivity contribution in [2.75, 3.05) is 5.32 Å². The van der Waals surface area contributed by atoms with Gasteiger partial charge in [0.1, 0.15) is 11.3 Å². The average Bonchev–Trinajstić information content (AvgIpc) is 2.88. The Hall–Kier alpha value is -2.04. The molecule has 1 amide bonds. The van der Waals surface area contributed by atoms with Crippen molar-refractivity contribution in [3.05, 3.63) is 63.5 Å². The molecular formula is C17H15Cl2N3O. The molecule has 6 heteroatoms. The van der Waals surface area contributed by atoms with Gasteiger partial charge in [-0.2, -0.15) is 0 Å². The predicted octanol–water partition coefficient (Wildman–Crippen LogP) is 4.76. The number of pyridine rings is 1. The van der Waals surface area contributed by atoms with Gasteiger partial charge in [-0.25, -0.2) is 4.98 Å². The van der Waals surface area contributed by atoms with Gasteiger partial charge < -0.3 is 5.32 Å². The maximum Gasteiger partial charge on any atom is 0.274 e. The Balaban J connectivity index is 2.01. The highest BCUT2D eigenvalue weighted by molar-refractivity contribution is 6.42. The highest BCUT2D eigenvalue weighted by atomic mass is 35.5. The van der Waals surface area contributed by atoms with E-state index in [-0.39, 0.29) is 5.91 Å². The molecule has 1 N–H and O–H groups in total. The fraction of sp³-hybridized carbons (Fsp3) is 0.176. The molecule has 0 unspecified atom stereocenters. The molecule has 0 bridgehead atoms. The summed E-state index contributed by atoms with van der Waals surface area (Å²) in [6.07, 6.45) is 2.53. The molecule has 0 aliphatic heterocycles. The average molecular weight is 348 g/mol. The number of nitrogens with zero attached hydrogens (tertiary/aromatic N) is 2. The minimum absolute atomic E-state index is 0.225. The van der Waals surface area contributed by atoms with Gasteiger partial charge in [-0.1, -0.05) is 30.1 Å². The van der Waals surface area contributed by atoms with Crippen LogP contribution in [0.5, 0.6) is 0 Å². The van der Waals surface area contributed by atoms with Gasteiger partial charge in [0.2, 0.25) is 0 Å². The zero-order valence-corrected chi connectivity index (χ0v) is 14.2. The molecule has 3 aromatic rings. The topological polar surface area (TPSA) is 46.4 Å². The lowest BCUT2D eigenvalue weighted by molar-refractivity contribution is 0.102. The maximum atomic E-state index is 12.7. The summed E-state index contributed by atoms with van der Waals surface area (Å²) in [6.45, 7) is 3.97. The molecule has 2 aromatic heterocycles. The molecular weight excluding hydrogens is 333 g/mol. The molecule has 0 aliphatic carbocycles. The molecule has 1 aromatic carbocycles. The monoisotopic (exact) mass is 347 g/mol. The second kappa shape index (κ2) is 6.22. The van der Waals surface area contributed by atoms with E-state index in [1.54, 1.807) is 22.6 Å². The van der Waals surface area contributed by atoms with Crippen LogP contribution in [0, 0.1) is 6.92 Å². The summed E-state index contributed by atoms with van der Waals surface area (Å²) in [5, 5.41) is 3.70. The Kier molecular flexibility index (Phi) is 4.28. The largest absolute Gasteiger partial charge is 0.321 e. The zero-order chi connectivity index (χ0) is 16.6. The van der Waals surface area contributed by atoms with Crippen molar-refractivity contribution >= 4 is 40.4 Å². The minimum atomic E-state index is -0.225. The van der Waals surface area contributed by atoms with Gasteiger partial charge in [-0.3, -0.25) is 9.20 Å². The number of aromatic nitrogens is 2. The van der Waals surface area contributed by atoms with E-state index in [0.717, 1.165) is 16.9 Å². The van der Waals surface area contributed by atoms with Gasteiger partial charge in [0.15, 0.2) is 0 Å². The molecule has 0 radical (unpaired) electrons. The minimum Gasteiger partial charge on any atom is -0.321 e. The predicted molar refractivity (Wildman–Crippen MR) is 93.7 cm³/mol. The lowest BCUT2D eigenvalue weighted by Gasteiger charge is -2.08. The highest BCUT2D eigenvalue weighted by Crippen LogP contribution is 2.25. The number of halogens is 2. The van der Waals surface area contributed by atoms with Crippen LogP contribution in [0.3, 0.4) is 0 Å². The van der Waals surface area contributed by atoms with Crippen molar-refractivity contribution in [1.29, 1.82) is 0 Å². The molecule has 0 spiro atoms. The van der Waals surface area contributed by atoms with Gasteiger partial charge in [-0.05, 0) is 49.2 Å². The van der Waals surface area contributed by atoms with Crippen LogP contribution >= 0.6 is 23.2 Å². The van der Waals surface area contributed by atoms with Crippen LogP contribution in [0.25, 0.3) is 5.65 Å². The Labute approximate surface area is 144 Å². The fourth-order valence-corrected chi connectivity index (χ4v) is 2.74. The van der Waals surface area contributed by atoms with Crippen molar-refractivity contribution in [3.63, 3.8) is 0 Å². The van der Waals surface area contributed by atoms with Gasteiger partial charge in [0.05, 0.1) is 15.7 Å². The lowest BCUT2D eigenvalue weighted by atomic mass is 10.2. The third-order valence-corrected chi connectivity index (χ3v) is 4.32. The first kappa shape index (κ1) is 15.8. The molecule has 118 valence electrons. The number of hydrogen-bond acceptors (Lipinski definition) is 2. The number of carbonyl (C=O) groups excluding carboxylic acids is 1. The molecule has 3 rings (SSSR count). The van der Waals surface area contributed by atoms with Gasteiger partial charge in [0.25, 0.3) is 5.91 Å². The molecule has 0 aliphatic rings. The lowest BCUT2D eigenvalue weighted by Crippen LogP contribution is -2.16. The number of nitrogens with one attached hydrogen (secondary N) is 1. The van der Waals surface area contributed by atoms with Crippen molar-refractivity contribution in [2.45, 2.75) is 20.3 Å². The number of benzene rings is 1. The van der Waals surface area contributed by atoms with E-state index in [1.807, 2.05) is 32.2 Å². The first-order valence-electron chi connectivity index (χ1n) is 7.23. The molecule has 4 nitrogen and oxygen atoms in total. The van der Waals surface area contributed by atoms with Crippen molar-refractivity contribution in [3.8, 4) is 0 Å². The Morgan fingerprint density at radius 2 is 2.00 bits per heavy atom. The van der Waals surface area contributed by atoms with Crippen LogP contribution < -0.4 is 5.32 Å². The van der Waals surface area contributed by atoms with E-state index >= 15 is 0 Å². The van der Waals surface area contributed by atoms with Gasteiger partial charge >= 0.3 is 0 Å². The Bertz CT molecular complexity index is 902. The number of imidazole rings is 1. The van der Waals surface area contributed by atoms with E-state index < -0.39 is 0 Å². The van der Waals surface area contributed by atoms with Crippen LogP contribution in [-0.4, -0.2) is 15.3 Å².